The molecule has 3 aromatic heterocycles. The van der Waals surface area contributed by atoms with Crippen molar-refractivity contribution in [1.29, 1.82) is 0 Å². The molecule has 2 N–H and O–H groups in total. The smallest absolute Gasteiger partial charge is 0.338 e. The molecule has 0 saturated carbocycles. The third-order valence-electron chi connectivity index (χ3n) is 4.89. The summed E-state index contributed by atoms with van der Waals surface area (Å²) >= 11 is 0. The van der Waals surface area contributed by atoms with E-state index in [1.165, 1.54) is 10.5 Å². The first-order valence-electron chi connectivity index (χ1n) is 10.2. The Morgan fingerprint density at radius 2 is 1.88 bits per heavy atom. The van der Waals surface area contributed by atoms with Crippen LogP contribution in [0.1, 0.15) is 29.7 Å². The number of alkyl halides is 3. The van der Waals surface area contributed by atoms with Crippen molar-refractivity contribution in [2.24, 2.45) is 0 Å². The van der Waals surface area contributed by atoms with Gasteiger partial charge in [-0.05, 0) is 36.2 Å². The maximum atomic E-state index is 12.9. The summed E-state index contributed by atoms with van der Waals surface area (Å²) in [4.78, 5) is 16.4. The average Bonchev–Trinajstić information content (AvgIpc) is 3.44. The van der Waals surface area contributed by atoms with E-state index in [-0.39, 0.29) is 18.0 Å². The second kappa shape index (κ2) is 9.27. The summed E-state index contributed by atoms with van der Waals surface area (Å²) < 4.78 is 45.2. The molecule has 12 heteroatoms. The van der Waals surface area contributed by atoms with Gasteiger partial charge in [-0.25, -0.2) is 4.79 Å². The highest BCUT2D eigenvalue weighted by molar-refractivity contribution is 5.73. The molecule has 33 heavy (non-hydrogen) atoms. The summed E-state index contributed by atoms with van der Waals surface area (Å²) in [7, 11) is 0. The zero-order valence-electron chi connectivity index (χ0n) is 17.6. The van der Waals surface area contributed by atoms with Crippen molar-refractivity contribution in [1.82, 2.24) is 35.4 Å². The van der Waals surface area contributed by atoms with Gasteiger partial charge in [-0.2, -0.15) is 18.2 Å². The van der Waals surface area contributed by atoms with Gasteiger partial charge in [-0.1, -0.05) is 24.2 Å². The molecule has 0 fully saturated rings. The number of nitrogens with zero attached hydrogens (tertiary/aromatic N) is 5. The normalized spacial score (nSPS) is 11.6. The highest BCUT2D eigenvalue weighted by Crippen LogP contribution is 2.29. The fourth-order valence-corrected chi connectivity index (χ4v) is 3.10. The van der Waals surface area contributed by atoms with Crippen molar-refractivity contribution in [3.8, 4) is 11.5 Å². The van der Waals surface area contributed by atoms with E-state index in [9.17, 15) is 18.0 Å². The first-order chi connectivity index (χ1) is 15.8. The van der Waals surface area contributed by atoms with Gasteiger partial charge in [0, 0.05) is 24.7 Å². The number of benzene rings is 1. The van der Waals surface area contributed by atoms with E-state index < -0.39 is 17.8 Å². The molecule has 0 spiro atoms. The summed E-state index contributed by atoms with van der Waals surface area (Å²) in [5.41, 5.74) is 1.25. The molecule has 0 aliphatic heterocycles. The van der Waals surface area contributed by atoms with Crippen molar-refractivity contribution < 1.29 is 22.5 Å². The van der Waals surface area contributed by atoms with Crippen molar-refractivity contribution in [2.45, 2.75) is 32.5 Å². The van der Waals surface area contributed by atoms with E-state index in [0.29, 0.717) is 31.1 Å². The molecule has 0 aliphatic carbocycles. The number of urea groups is 1. The lowest BCUT2D eigenvalue weighted by Gasteiger charge is -2.09. The first kappa shape index (κ1) is 22.2. The summed E-state index contributed by atoms with van der Waals surface area (Å²) in [6.07, 6.45) is -2.30. The molecule has 4 aromatic rings. The van der Waals surface area contributed by atoms with Gasteiger partial charge in [0.05, 0.1) is 12.1 Å². The van der Waals surface area contributed by atoms with Gasteiger partial charge >= 0.3 is 12.2 Å². The monoisotopic (exact) mass is 459 g/mol. The largest absolute Gasteiger partial charge is 0.417 e. The third-order valence-corrected chi connectivity index (χ3v) is 4.89. The number of nitrogens with one attached hydrogen (secondary N) is 2. The molecule has 172 valence electrons. The van der Waals surface area contributed by atoms with Gasteiger partial charge in [0.15, 0.2) is 17.3 Å². The van der Waals surface area contributed by atoms with Gasteiger partial charge in [0.1, 0.15) is 0 Å². The Bertz CT molecular complexity index is 1250. The van der Waals surface area contributed by atoms with Gasteiger partial charge in [0.25, 0.3) is 5.89 Å². The van der Waals surface area contributed by atoms with E-state index >= 15 is 0 Å². The molecular formula is C21H20F3N7O2. The fraction of sp³-hybridized carbons (Fsp3) is 0.286. The number of carbonyl (C=O) groups excluding carboxylic acids is 1. The van der Waals surface area contributed by atoms with E-state index in [2.05, 4.69) is 31.0 Å². The number of aryl methyl sites for hydroxylation is 1. The molecule has 0 bridgehead atoms. The van der Waals surface area contributed by atoms with Crippen LogP contribution >= 0.6 is 0 Å². The Kier molecular flexibility index (Phi) is 6.24. The fourth-order valence-electron chi connectivity index (χ4n) is 3.10. The first-order valence-corrected chi connectivity index (χ1v) is 10.2. The average molecular weight is 459 g/mol. The number of rotatable bonds is 7. The number of halogens is 3. The molecule has 0 aliphatic rings. The quantitative estimate of drug-likeness (QED) is 0.438. The lowest BCUT2D eigenvalue weighted by Crippen LogP contribution is -2.36. The number of hydrogen-bond acceptors (Lipinski definition) is 6. The van der Waals surface area contributed by atoms with Crippen LogP contribution in [0.5, 0.6) is 0 Å². The van der Waals surface area contributed by atoms with Crippen LogP contribution < -0.4 is 10.6 Å². The Morgan fingerprint density at radius 1 is 1.09 bits per heavy atom. The van der Waals surface area contributed by atoms with Crippen LogP contribution in [-0.2, 0) is 25.6 Å². The SMILES string of the molecule is CCc1noc(-c2ccc(CCNC(=O)NCc3nnc4ccc(C(F)(F)F)cn34)cc2)n1. The van der Waals surface area contributed by atoms with Gasteiger partial charge < -0.3 is 15.2 Å². The molecule has 0 radical (unpaired) electrons. The Morgan fingerprint density at radius 3 is 2.58 bits per heavy atom. The third kappa shape index (κ3) is 5.27. The van der Waals surface area contributed by atoms with E-state index in [0.717, 1.165) is 23.4 Å². The maximum Gasteiger partial charge on any atom is 0.417 e. The Hall–Kier alpha value is -3.96. The predicted octanol–water partition coefficient (Wildman–Crippen LogP) is 3.40. The van der Waals surface area contributed by atoms with E-state index in [1.807, 2.05) is 31.2 Å². The molecule has 0 atom stereocenters. The molecule has 0 unspecified atom stereocenters. The molecule has 9 nitrogen and oxygen atoms in total. The second-order valence-corrected chi connectivity index (χ2v) is 7.19. The summed E-state index contributed by atoms with van der Waals surface area (Å²) in [5, 5.41) is 16.8. The van der Waals surface area contributed by atoms with Crippen LogP contribution in [0.4, 0.5) is 18.0 Å². The summed E-state index contributed by atoms with van der Waals surface area (Å²) in [5.74, 6) is 1.29. The van der Waals surface area contributed by atoms with Crippen molar-refractivity contribution >= 4 is 11.7 Å². The highest BCUT2D eigenvalue weighted by Gasteiger charge is 2.31. The second-order valence-electron chi connectivity index (χ2n) is 7.19. The number of carbonyl (C=O) groups is 1. The van der Waals surface area contributed by atoms with Crippen LogP contribution in [0.3, 0.4) is 0 Å². The van der Waals surface area contributed by atoms with Crippen LogP contribution in [0.25, 0.3) is 17.1 Å². The molecule has 4 rings (SSSR count). The van der Waals surface area contributed by atoms with E-state index in [1.54, 1.807) is 0 Å². The summed E-state index contributed by atoms with van der Waals surface area (Å²) in [6, 6.07) is 9.25. The number of fused-ring (bicyclic) bond motifs is 1. The van der Waals surface area contributed by atoms with Gasteiger partial charge in [0.2, 0.25) is 0 Å². The van der Waals surface area contributed by atoms with E-state index in [4.69, 9.17) is 4.52 Å². The van der Waals surface area contributed by atoms with Crippen LogP contribution in [0, 0.1) is 0 Å². The standard InChI is InChI=1S/C21H20F3N7O2/c1-2-16-27-19(33-30-16)14-5-3-13(4-6-14)9-10-25-20(32)26-11-18-29-28-17-8-7-15(12-31(17)18)21(22,23)24/h3-8,12H,2,9-11H2,1H3,(H2,25,26,32). The highest BCUT2D eigenvalue weighted by atomic mass is 19.4. The zero-order valence-corrected chi connectivity index (χ0v) is 17.6. The number of pyridine rings is 1. The maximum absolute atomic E-state index is 12.9. The Labute approximate surface area is 186 Å². The molecule has 0 saturated heterocycles. The molecule has 2 amide bonds. The summed E-state index contributed by atoms with van der Waals surface area (Å²) in [6.45, 7) is 2.23. The minimum Gasteiger partial charge on any atom is -0.338 e. The number of hydrogen-bond donors (Lipinski definition) is 2. The van der Waals surface area contributed by atoms with Gasteiger partial charge in [-0.3, -0.25) is 4.40 Å². The number of amides is 2. The minimum atomic E-state index is -4.48. The van der Waals surface area contributed by atoms with Crippen molar-refractivity contribution in [3.63, 3.8) is 0 Å². The topological polar surface area (TPSA) is 110 Å². The van der Waals surface area contributed by atoms with Crippen molar-refractivity contribution in [3.05, 3.63) is 65.4 Å². The van der Waals surface area contributed by atoms with Crippen molar-refractivity contribution in [2.75, 3.05) is 6.54 Å². The molecule has 3 heterocycles. The number of aromatic nitrogens is 5. The molecular weight excluding hydrogens is 439 g/mol. The van der Waals surface area contributed by atoms with Crippen LogP contribution in [0.15, 0.2) is 47.1 Å². The van der Waals surface area contributed by atoms with Gasteiger partial charge in [-0.15, -0.1) is 10.2 Å². The minimum absolute atomic E-state index is 0.0765. The lowest BCUT2D eigenvalue weighted by molar-refractivity contribution is -0.137. The van der Waals surface area contributed by atoms with Crippen LogP contribution in [0.2, 0.25) is 0 Å². The Balaban J connectivity index is 1.27. The zero-order chi connectivity index (χ0) is 23.4. The molecule has 1 aromatic carbocycles. The van der Waals surface area contributed by atoms with Crippen LogP contribution in [-0.4, -0.2) is 37.3 Å². The predicted molar refractivity (Wildman–Crippen MR) is 111 cm³/mol. The lowest BCUT2D eigenvalue weighted by atomic mass is 10.1.